The lowest BCUT2D eigenvalue weighted by Crippen LogP contribution is -2.24. The van der Waals surface area contributed by atoms with Gasteiger partial charge in [-0.1, -0.05) is 11.6 Å². The maximum absolute atomic E-state index is 11.5. The predicted molar refractivity (Wildman–Crippen MR) is 81.7 cm³/mol. The molecule has 2 rings (SSSR count). The molecule has 1 aromatic heterocycles. The highest BCUT2D eigenvalue weighted by atomic mass is 35.5. The van der Waals surface area contributed by atoms with Crippen LogP contribution < -0.4 is 10.2 Å². The Morgan fingerprint density at radius 2 is 2.35 bits per heavy atom. The third-order valence-electron chi connectivity index (χ3n) is 2.44. The Kier molecular flexibility index (Phi) is 5.15. The molecule has 1 amide bonds. The van der Waals surface area contributed by atoms with Crippen molar-refractivity contribution < 1.29 is 9.53 Å². The minimum atomic E-state index is -0.314. The summed E-state index contributed by atoms with van der Waals surface area (Å²) in [6.07, 6.45) is 1.59. The fourth-order valence-corrected chi connectivity index (χ4v) is 2.32. The van der Waals surface area contributed by atoms with Gasteiger partial charge in [0.15, 0.2) is 6.61 Å². The number of hydrogen-bond donors (Lipinski definition) is 1. The van der Waals surface area contributed by atoms with Gasteiger partial charge in [-0.25, -0.2) is 5.43 Å². The molecule has 1 N–H and O–H groups in total. The number of carbonyl (C=O) groups excluding carboxylic acids is 1. The van der Waals surface area contributed by atoms with E-state index in [9.17, 15) is 4.79 Å². The number of halogens is 1. The fourth-order valence-electron chi connectivity index (χ4n) is 1.48. The van der Waals surface area contributed by atoms with E-state index in [0.29, 0.717) is 10.8 Å². The van der Waals surface area contributed by atoms with Crippen LogP contribution in [0.25, 0.3) is 0 Å². The van der Waals surface area contributed by atoms with Crippen molar-refractivity contribution in [2.45, 2.75) is 6.92 Å². The van der Waals surface area contributed by atoms with Gasteiger partial charge in [-0.05, 0) is 47.5 Å². The van der Waals surface area contributed by atoms with Crippen molar-refractivity contribution in [3.63, 3.8) is 0 Å². The van der Waals surface area contributed by atoms with E-state index in [-0.39, 0.29) is 12.5 Å². The van der Waals surface area contributed by atoms with Crippen molar-refractivity contribution in [1.82, 2.24) is 5.43 Å². The summed E-state index contributed by atoms with van der Waals surface area (Å²) in [5.74, 6) is 0.317. The van der Waals surface area contributed by atoms with Gasteiger partial charge < -0.3 is 4.74 Å². The summed E-state index contributed by atoms with van der Waals surface area (Å²) in [4.78, 5) is 11.5. The highest BCUT2D eigenvalue weighted by molar-refractivity contribution is 7.08. The van der Waals surface area contributed by atoms with Crippen molar-refractivity contribution in [1.29, 1.82) is 0 Å². The smallest absolute Gasteiger partial charge is 0.277 e. The molecule has 0 fully saturated rings. The molecular formula is C14H13ClN2O2S. The Hall–Kier alpha value is -1.85. The van der Waals surface area contributed by atoms with Crippen LogP contribution in [-0.4, -0.2) is 18.7 Å². The third kappa shape index (κ3) is 4.36. The number of benzene rings is 1. The monoisotopic (exact) mass is 308 g/mol. The van der Waals surface area contributed by atoms with Gasteiger partial charge in [-0.3, -0.25) is 4.79 Å². The maximum Gasteiger partial charge on any atom is 0.277 e. The minimum absolute atomic E-state index is 0.0938. The van der Waals surface area contributed by atoms with E-state index in [2.05, 4.69) is 10.5 Å². The second kappa shape index (κ2) is 7.07. The number of nitrogens with one attached hydrogen (secondary N) is 1. The molecule has 0 radical (unpaired) electrons. The van der Waals surface area contributed by atoms with Crippen LogP contribution >= 0.6 is 22.9 Å². The first kappa shape index (κ1) is 14.6. The highest BCUT2D eigenvalue weighted by Gasteiger charge is 2.04. The average Bonchev–Trinajstić information content (AvgIpc) is 2.91. The SMILES string of the molecule is Cc1cc(Cl)ccc1OCC(=O)N/N=C/c1ccsc1. The standard InChI is InChI=1S/C14H13ClN2O2S/c1-10-6-12(15)2-3-13(10)19-8-14(18)17-16-7-11-4-5-20-9-11/h2-7,9H,8H2,1H3,(H,17,18)/b16-7+. The summed E-state index contributed by atoms with van der Waals surface area (Å²) < 4.78 is 5.40. The lowest BCUT2D eigenvalue weighted by Gasteiger charge is -2.08. The van der Waals surface area contributed by atoms with E-state index >= 15 is 0 Å². The zero-order valence-electron chi connectivity index (χ0n) is 10.8. The predicted octanol–water partition coefficient (Wildman–Crippen LogP) is 3.24. The van der Waals surface area contributed by atoms with Crippen molar-refractivity contribution in [3.8, 4) is 5.75 Å². The summed E-state index contributed by atoms with van der Waals surface area (Å²) in [6, 6.07) is 7.15. The highest BCUT2D eigenvalue weighted by Crippen LogP contribution is 2.21. The molecule has 0 aliphatic heterocycles. The van der Waals surface area contributed by atoms with Crippen LogP contribution in [0.5, 0.6) is 5.75 Å². The van der Waals surface area contributed by atoms with Crippen molar-refractivity contribution in [2.75, 3.05) is 6.61 Å². The number of ether oxygens (including phenoxy) is 1. The second-order valence-electron chi connectivity index (χ2n) is 4.05. The van der Waals surface area contributed by atoms with E-state index in [1.165, 1.54) is 0 Å². The van der Waals surface area contributed by atoms with Crippen LogP contribution in [0.4, 0.5) is 0 Å². The molecule has 1 aromatic carbocycles. The Morgan fingerprint density at radius 3 is 3.05 bits per heavy atom. The number of carbonyl (C=O) groups is 1. The molecule has 0 atom stereocenters. The zero-order chi connectivity index (χ0) is 14.4. The van der Waals surface area contributed by atoms with Gasteiger partial charge in [0.25, 0.3) is 5.91 Å². The molecule has 4 nitrogen and oxygen atoms in total. The maximum atomic E-state index is 11.5. The molecule has 1 heterocycles. The molecule has 0 spiro atoms. The fraction of sp³-hybridized carbons (Fsp3) is 0.143. The van der Waals surface area contributed by atoms with E-state index in [1.54, 1.807) is 35.8 Å². The first-order chi connectivity index (χ1) is 9.65. The largest absolute Gasteiger partial charge is 0.483 e. The van der Waals surface area contributed by atoms with Crippen LogP contribution in [0.3, 0.4) is 0 Å². The molecule has 20 heavy (non-hydrogen) atoms. The van der Waals surface area contributed by atoms with E-state index in [1.807, 2.05) is 23.8 Å². The Morgan fingerprint density at radius 1 is 1.50 bits per heavy atom. The molecule has 0 unspecified atom stereocenters. The van der Waals surface area contributed by atoms with E-state index < -0.39 is 0 Å². The molecule has 104 valence electrons. The van der Waals surface area contributed by atoms with Crippen LogP contribution in [0.15, 0.2) is 40.1 Å². The Labute approximate surface area is 126 Å². The summed E-state index contributed by atoms with van der Waals surface area (Å²) in [5.41, 5.74) is 4.24. The van der Waals surface area contributed by atoms with Crippen molar-refractivity contribution in [2.24, 2.45) is 5.10 Å². The molecule has 0 aliphatic carbocycles. The van der Waals surface area contributed by atoms with E-state index in [0.717, 1.165) is 11.1 Å². The first-order valence-corrected chi connectivity index (χ1v) is 7.20. The summed E-state index contributed by atoms with van der Waals surface area (Å²) in [5, 5.41) is 8.36. The normalized spacial score (nSPS) is 10.7. The summed E-state index contributed by atoms with van der Waals surface area (Å²) in [7, 11) is 0. The number of hydrogen-bond acceptors (Lipinski definition) is 4. The van der Waals surface area contributed by atoms with Gasteiger partial charge in [0, 0.05) is 10.6 Å². The number of amides is 1. The van der Waals surface area contributed by atoms with Crippen LogP contribution in [0.1, 0.15) is 11.1 Å². The molecule has 0 aliphatic rings. The van der Waals surface area contributed by atoms with Gasteiger partial charge in [0.2, 0.25) is 0 Å². The summed E-state index contributed by atoms with van der Waals surface area (Å²) in [6.45, 7) is 1.78. The average molecular weight is 309 g/mol. The third-order valence-corrected chi connectivity index (χ3v) is 3.38. The number of nitrogens with zero attached hydrogens (tertiary/aromatic N) is 1. The number of thiophene rings is 1. The molecule has 0 saturated carbocycles. The Balaban J connectivity index is 1.80. The van der Waals surface area contributed by atoms with Gasteiger partial charge in [-0.15, -0.1) is 0 Å². The minimum Gasteiger partial charge on any atom is -0.483 e. The number of hydrazone groups is 1. The lowest BCUT2D eigenvalue weighted by atomic mass is 10.2. The first-order valence-electron chi connectivity index (χ1n) is 5.88. The molecular weight excluding hydrogens is 296 g/mol. The van der Waals surface area contributed by atoms with Crippen molar-refractivity contribution in [3.05, 3.63) is 51.2 Å². The topological polar surface area (TPSA) is 50.7 Å². The van der Waals surface area contributed by atoms with Gasteiger partial charge in [0.1, 0.15) is 5.75 Å². The second-order valence-corrected chi connectivity index (χ2v) is 5.26. The van der Waals surface area contributed by atoms with Crippen LogP contribution in [0.2, 0.25) is 5.02 Å². The quantitative estimate of drug-likeness (QED) is 0.681. The van der Waals surface area contributed by atoms with Gasteiger partial charge in [0.05, 0.1) is 6.21 Å². The van der Waals surface area contributed by atoms with Crippen LogP contribution in [0, 0.1) is 6.92 Å². The molecule has 0 bridgehead atoms. The van der Waals surface area contributed by atoms with E-state index in [4.69, 9.17) is 16.3 Å². The zero-order valence-corrected chi connectivity index (χ0v) is 12.4. The summed E-state index contributed by atoms with van der Waals surface area (Å²) >= 11 is 7.41. The Bertz CT molecular complexity index is 612. The molecule has 6 heteroatoms. The van der Waals surface area contributed by atoms with Gasteiger partial charge in [-0.2, -0.15) is 16.4 Å². The molecule has 0 saturated heterocycles. The molecule has 2 aromatic rings. The van der Waals surface area contributed by atoms with Gasteiger partial charge >= 0.3 is 0 Å². The lowest BCUT2D eigenvalue weighted by molar-refractivity contribution is -0.123. The van der Waals surface area contributed by atoms with Crippen molar-refractivity contribution >= 4 is 35.1 Å². The number of rotatable bonds is 5. The van der Waals surface area contributed by atoms with Crippen LogP contribution in [-0.2, 0) is 4.79 Å². The number of aryl methyl sites for hydroxylation is 1.